The highest BCUT2D eigenvalue weighted by Gasteiger charge is 2.18. The van der Waals surface area contributed by atoms with Gasteiger partial charge >= 0.3 is 5.97 Å². The van der Waals surface area contributed by atoms with Crippen LogP contribution in [-0.2, 0) is 14.8 Å². The maximum atomic E-state index is 12.1. The van der Waals surface area contributed by atoms with Gasteiger partial charge in [-0.1, -0.05) is 17.7 Å². The fraction of sp³-hybridized carbons (Fsp3) is 0.500. The van der Waals surface area contributed by atoms with Gasteiger partial charge in [0.1, 0.15) is 6.04 Å². The molecule has 0 radical (unpaired) electrons. The molecule has 0 unspecified atom stereocenters. The van der Waals surface area contributed by atoms with Gasteiger partial charge in [-0.15, -0.1) is 0 Å². The van der Waals surface area contributed by atoms with Gasteiger partial charge in [-0.2, -0.15) is 0 Å². The third-order valence-corrected chi connectivity index (χ3v) is 4.76. The summed E-state index contributed by atoms with van der Waals surface area (Å²) >= 11 is 0. The smallest absolute Gasteiger partial charge is 0.320 e. The van der Waals surface area contributed by atoms with Crippen LogP contribution in [0, 0.1) is 6.92 Å². The minimum atomic E-state index is -3.54. The van der Waals surface area contributed by atoms with Gasteiger partial charge in [-0.05, 0) is 45.2 Å². The number of nitrogens with one attached hydrogen (secondary N) is 1. The second-order valence-corrected chi connectivity index (χ2v) is 6.93. The van der Waals surface area contributed by atoms with Crippen molar-refractivity contribution >= 4 is 16.0 Å². The summed E-state index contributed by atoms with van der Waals surface area (Å²) in [5, 5.41) is 8.67. The highest BCUT2D eigenvalue weighted by molar-refractivity contribution is 7.89. The maximum absolute atomic E-state index is 12.1. The van der Waals surface area contributed by atoms with E-state index in [1.54, 1.807) is 31.2 Å². The molecule has 0 saturated carbocycles. The lowest BCUT2D eigenvalue weighted by Crippen LogP contribution is -2.34. The Morgan fingerprint density at radius 3 is 2.38 bits per heavy atom. The molecule has 0 spiro atoms. The zero-order chi connectivity index (χ0) is 16.0. The van der Waals surface area contributed by atoms with Gasteiger partial charge in [0.05, 0.1) is 4.90 Å². The zero-order valence-corrected chi connectivity index (χ0v) is 13.1. The molecule has 1 rings (SSSR count). The highest BCUT2D eigenvalue weighted by Crippen LogP contribution is 2.12. The summed E-state index contributed by atoms with van der Waals surface area (Å²) in [6, 6.07) is 5.43. The highest BCUT2D eigenvalue weighted by atomic mass is 32.2. The summed E-state index contributed by atoms with van der Waals surface area (Å²) in [5.41, 5.74) is 6.39. The molecule has 0 aliphatic heterocycles. The van der Waals surface area contributed by atoms with Gasteiger partial charge in [-0.3, -0.25) is 4.79 Å². The van der Waals surface area contributed by atoms with Gasteiger partial charge in [-0.25, -0.2) is 13.1 Å². The Labute approximate surface area is 125 Å². The molecule has 6 nitrogen and oxygen atoms in total. The van der Waals surface area contributed by atoms with E-state index in [0.29, 0.717) is 19.3 Å². The van der Waals surface area contributed by atoms with E-state index in [1.807, 2.05) is 6.92 Å². The molecule has 0 heterocycles. The normalized spacial score (nSPS) is 14.6. The number of carbonyl (C=O) groups is 1. The Morgan fingerprint density at radius 2 is 1.86 bits per heavy atom. The van der Waals surface area contributed by atoms with Gasteiger partial charge in [0.15, 0.2) is 0 Å². The molecule has 0 fully saturated rings. The Bertz CT molecular complexity index is 569. The van der Waals surface area contributed by atoms with Crippen LogP contribution in [0.1, 0.15) is 31.7 Å². The van der Waals surface area contributed by atoms with Gasteiger partial charge in [0.25, 0.3) is 0 Å². The number of rotatable bonds is 8. The average molecular weight is 314 g/mol. The molecular weight excluding hydrogens is 292 g/mol. The van der Waals surface area contributed by atoms with Crippen molar-refractivity contribution in [3.05, 3.63) is 29.8 Å². The van der Waals surface area contributed by atoms with Crippen LogP contribution in [0.4, 0.5) is 0 Å². The molecular formula is C14H22N2O4S. The van der Waals surface area contributed by atoms with Crippen molar-refractivity contribution in [2.45, 2.75) is 50.1 Å². The van der Waals surface area contributed by atoms with Crippen LogP contribution in [-0.4, -0.2) is 31.6 Å². The molecule has 1 aromatic carbocycles. The van der Waals surface area contributed by atoms with Crippen molar-refractivity contribution < 1.29 is 18.3 Å². The molecule has 0 amide bonds. The van der Waals surface area contributed by atoms with Crippen molar-refractivity contribution in [1.29, 1.82) is 0 Å². The number of hydrogen-bond donors (Lipinski definition) is 3. The first-order chi connectivity index (χ1) is 9.72. The SMILES string of the molecule is Cc1ccc(S(=O)(=O)N[C@H](C)CCC[C@@H](N)C(=O)O)cc1. The Morgan fingerprint density at radius 1 is 1.29 bits per heavy atom. The van der Waals surface area contributed by atoms with Crippen molar-refractivity contribution in [3.8, 4) is 0 Å². The van der Waals surface area contributed by atoms with E-state index in [9.17, 15) is 13.2 Å². The number of hydrogen-bond acceptors (Lipinski definition) is 4. The van der Waals surface area contributed by atoms with Crippen LogP contribution in [0.15, 0.2) is 29.2 Å². The maximum Gasteiger partial charge on any atom is 0.320 e. The van der Waals surface area contributed by atoms with Crippen LogP contribution in [0.25, 0.3) is 0 Å². The fourth-order valence-electron chi connectivity index (χ4n) is 1.88. The van der Waals surface area contributed by atoms with Crippen molar-refractivity contribution in [2.75, 3.05) is 0 Å². The van der Waals surface area contributed by atoms with Crippen LogP contribution in [0.5, 0.6) is 0 Å². The van der Waals surface area contributed by atoms with E-state index in [2.05, 4.69) is 4.72 Å². The van der Waals surface area contributed by atoms with E-state index < -0.39 is 22.0 Å². The van der Waals surface area contributed by atoms with Crippen molar-refractivity contribution in [3.63, 3.8) is 0 Å². The Hall–Kier alpha value is -1.44. The summed E-state index contributed by atoms with van der Waals surface area (Å²) in [7, 11) is -3.54. The third kappa shape index (κ3) is 5.82. The standard InChI is InChI=1S/C14H22N2O4S/c1-10-6-8-12(9-7-10)21(19,20)16-11(2)4-3-5-13(15)14(17)18/h6-9,11,13,16H,3-5,15H2,1-2H3,(H,17,18)/t11-,13-/m1/s1. The van der Waals surface area contributed by atoms with Crippen LogP contribution < -0.4 is 10.5 Å². The number of aliphatic carboxylic acids is 1. The number of carboxylic acids is 1. The summed E-state index contributed by atoms with van der Waals surface area (Å²) in [6.45, 7) is 3.64. The molecule has 21 heavy (non-hydrogen) atoms. The van der Waals surface area contributed by atoms with Gasteiger partial charge < -0.3 is 10.8 Å². The predicted octanol–water partition coefficient (Wildman–Crippen LogP) is 1.24. The minimum absolute atomic E-state index is 0.224. The molecule has 2 atom stereocenters. The average Bonchev–Trinajstić information content (AvgIpc) is 2.38. The molecule has 0 saturated heterocycles. The molecule has 118 valence electrons. The first-order valence-corrected chi connectivity index (χ1v) is 8.28. The largest absolute Gasteiger partial charge is 0.480 e. The summed E-state index contributed by atoms with van der Waals surface area (Å²) < 4.78 is 26.8. The van der Waals surface area contributed by atoms with E-state index >= 15 is 0 Å². The van der Waals surface area contributed by atoms with Gasteiger partial charge in [0.2, 0.25) is 10.0 Å². The minimum Gasteiger partial charge on any atom is -0.480 e. The summed E-state index contributed by atoms with van der Waals surface area (Å²) in [4.78, 5) is 10.8. The van der Waals surface area contributed by atoms with Crippen LogP contribution in [0.3, 0.4) is 0 Å². The number of benzene rings is 1. The van der Waals surface area contributed by atoms with E-state index in [-0.39, 0.29) is 10.9 Å². The lowest BCUT2D eigenvalue weighted by Gasteiger charge is -2.15. The van der Waals surface area contributed by atoms with Gasteiger partial charge in [0, 0.05) is 6.04 Å². The predicted molar refractivity (Wildman–Crippen MR) is 80.4 cm³/mol. The molecule has 7 heteroatoms. The molecule has 4 N–H and O–H groups in total. The Kier molecular flexibility index (Phi) is 6.32. The monoisotopic (exact) mass is 314 g/mol. The quantitative estimate of drug-likeness (QED) is 0.669. The molecule has 0 bridgehead atoms. The van der Waals surface area contributed by atoms with Crippen LogP contribution >= 0.6 is 0 Å². The summed E-state index contributed by atoms with van der Waals surface area (Å²) in [6.07, 6.45) is 1.41. The summed E-state index contributed by atoms with van der Waals surface area (Å²) in [5.74, 6) is -1.04. The lowest BCUT2D eigenvalue weighted by molar-refractivity contribution is -0.138. The number of sulfonamides is 1. The molecule has 0 aliphatic carbocycles. The molecule has 0 aromatic heterocycles. The fourth-order valence-corrected chi connectivity index (χ4v) is 3.15. The number of carboxylic acid groups (broad SMARTS) is 1. The van der Waals surface area contributed by atoms with Crippen LogP contribution in [0.2, 0.25) is 0 Å². The van der Waals surface area contributed by atoms with Crippen molar-refractivity contribution in [1.82, 2.24) is 4.72 Å². The van der Waals surface area contributed by atoms with E-state index in [0.717, 1.165) is 5.56 Å². The second-order valence-electron chi connectivity index (χ2n) is 5.21. The topological polar surface area (TPSA) is 109 Å². The lowest BCUT2D eigenvalue weighted by atomic mass is 10.1. The first-order valence-electron chi connectivity index (χ1n) is 6.80. The first kappa shape index (κ1) is 17.6. The third-order valence-electron chi connectivity index (χ3n) is 3.16. The second kappa shape index (κ2) is 7.53. The van der Waals surface area contributed by atoms with E-state index in [4.69, 9.17) is 10.8 Å². The molecule has 0 aliphatic rings. The molecule has 1 aromatic rings. The Balaban J connectivity index is 2.51. The van der Waals surface area contributed by atoms with E-state index in [1.165, 1.54) is 0 Å². The number of aryl methyl sites for hydroxylation is 1. The number of nitrogens with two attached hydrogens (primary N) is 1. The van der Waals surface area contributed by atoms with Crippen molar-refractivity contribution in [2.24, 2.45) is 5.73 Å². The zero-order valence-electron chi connectivity index (χ0n) is 12.2.